The Kier molecular flexibility index (Phi) is 6.77. The van der Waals surface area contributed by atoms with Crippen molar-refractivity contribution in [2.75, 3.05) is 24.7 Å². The van der Waals surface area contributed by atoms with Crippen LogP contribution in [-0.4, -0.2) is 36.0 Å². The minimum Gasteiger partial charge on any atom is -0.481 e. The van der Waals surface area contributed by atoms with Crippen molar-refractivity contribution in [3.63, 3.8) is 0 Å². The molecule has 2 heterocycles. The predicted octanol–water partition coefficient (Wildman–Crippen LogP) is 4.63. The van der Waals surface area contributed by atoms with E-state index in [1.807, 2.05) is 49.8 Å². The number of aliphatic carboxylic acids is 1. The summed E-state index contributed by atoms with van der Waals surface area (Å²) in [5.74, 6) is -1.10. The van der Waals surface area contributed by atoms with Crippen molar-refractivity contribution in [3.8, 4) is 6.07 Å². The first-order valence-corrected chi connectivity index (χ1v) is 11.6. The number of nitrogens with zero attached hydrogens (tertiary/aromatic N) is 2. The van der Waals surface area contributed by atoms with Crippen LogP contribution in [0.2, 0.25) is 0 Å². The number of anilines is 2. The summed E-state index contributed by atoms with van der Waals surface area (Å²) in [4.78, 5) is 27.0. The molecule has 7 nitrogen and oxygen atoms in total. The number of carbonyl (C=O) groups is 2. The Balaban J connectivity index is 1.76. The van der Waals surface area contributed by atoms with Gasteiger partial charge in [-0.25, -0.2) is 0 Å². The Bertz CT molecular complexity index is 1320. The van der Waals surface area contributed by atoms with Gasteiger partial charge in [0.05, 0.1) is 33.5 Å². The molecule has 2 aromatic carbocycles. The molecule has 8 heteroatoms. The number of nitrogens with one attached hydrogen (secondary N) is 2. The molecule has 1 aliphatic heterocycles. The van der Waals surface area contributed by atoms with E-state index in [9.17, 15) is 14.9 Å². The molecule has 34 heavy (non-hydrogen) atoms. The van der Waals surface area contributed by atoms with Gasteiger partial charge in [-0.1, -0.05) is 18.2 Å². The van der Waals surface area contributed by atoms with Gasteiger partial charge in [0.2, 0.25) is 0 Å². The molecule has 172 valence electrons. The first-order valence-electron chi connectivity index (χ1n) is 10.7. The Hall–Kier alpha value is -3.93. The highest BCUT2D eigenvalue weighted by molar-refractivity contribution is 7.11. The lowest BCUT2D eigenvalue weighted by Crippen LogP contribution is -2.11. The molecule has 0 unspecified atom stereocenters. The van der Waals surface area contributed by atoms with Crippen LogP contribution in [0.15, 0.2) is 53.9 Å². The monoisotopic (exact) mass is 472 g/mol. The van der Waals surface area contributed by atoms with Crippen LogP contribution in [0.5, 0.6) is 0 Å². The molecule has 1 aliphatic rings. The molecule has 3 N–H and O–H groups in total. The topological polar surface area (TPSA) is 105 Å². The van der Waals surface area contributed by atoms with Crippen LogP contribution >= 0.6 is 11.3 Å². The van der Waals surface area contributed by atoms with E-state index in [4.69, 9.17) is 5.11 Å². The number of hydrogen-bond donors (Lipinski definition) is 3. The third-order valence-electron chi connectivity index (χ3n) is 5.39. The highest BCUT2D eigenvalue weighted by Crippen LogP contribution is 2.39. The molecule has 0 bridgehead atoms. The maximum atomic E-state index is 13.1. The number of nitriles is 1. The van der Waals surface area contributed by atoms with Crippen molar-refractivity contribution in [1.29, 1.82) is 5.26 Å². The van der Waals surface area contributed by atoms with Gasteiger partial charge < -0.3 is 20.6 Å². The number of carbonyl (C=O) groups excluding carboxylic acids is 1. The average Bonchev–Trinajstić information content (AvgIpc) is 3.40. The van der Waals surface area contributed by atoms with Crippen molar-refractivity contribution >= 4 is 45.9 Å². The van der Waals surface area contributed by atoms with Gasteiger partial charge in [0.25, 0.3) is 5.91 Å². The minimum atomic E-state index is -0.848. The molecule has 3 aromatic rings. The second-order valence-electron chi connectivity index (χ2n) is 8.35. The van der Waals surface area contributed by atoms with Crippen molar-refractivity contribution < 1.29 is 14.7 Å². The SMILES string of the molecule is CN(C)Cc1ccc(NC(=C2C(=O)Nc3cc(C#N)ccc32)c2cc(CCC(=O)O)cs2)cc1. The van der Waals surface area contributed by atoms with E-state index < -0.39 is 5.97 Å². The molecule has 0 fully saturated rings. The molecule has 4 rings (SSSR count). The van der Waals surface area contributed by atoms with Crippen molar-refractivity contribution in [2.24, 2.45) is 0 Å². The summed E-state index contributed by atoms with van der Waals surface area (Å²) in [6.45, 7) is 0.823. The van der Waals surface area contributed by atoms with Gasteiger partial charge in [-0.2, -0.15) is 5.26 Å². The molecule has 1 aromatic heterocycles. The van der Waals surface area contributed by atoms with Crippen LogP contribution < -0.4 is 10.6 Å². The van der Waals surface area contributed by atoms with Gasteiger partial charge in [-0.05, 0) is 67.4 Å². The lowest BCUT2D eigenvalue weighted by atomic mass is 10.0. The number of fused-ring (bicyclic) bond motifs is 1. The van der Waals surface area contributed by atoms with E-state index in [1.165, 1.54) is 16.9 Å². The van der Waals surface area contributed by atoms with E-state index in [0.29, 0.717) is 28.9 Å². The van der Waals surface area contributed by atoms with Gasteiger partial charge >= 0.3 is 5.97 Å². The van der Waals surface area contributed by atoms with Gasteiger partial charge in [0, 0.05) is 24.2 Å². The highest BCUT2D eigenvalue weighted by atomic mass is 32.1. The number of hydrogen-bond acceptors (Lipinski definition) is 6. The van der Waals surface area contributed by atoms with Gasteiger partial charge in [0.15, 0.2) is 0 Å². The fourth-order valence-electron chi connectivity index (χ4n) is 3.83. The summed E-state index contributed by atoms with van der Waals surface area (Å²) in [5, 5.41) is 26.5. The molecular formula is C26H24N4O3S. The first kappa shape index (κ1) is 23.2. The summed E-state index contributed by atoms with van der Waals surface area (Å²) in [6.07, 6.45) is 0.463. The lowest BCUT2D eigenvalue weighted by molar-refractivity contribution is -0.137. The zero-order valence-corrected chi connectivity index (χ0v) is 19.7. The lowest BCUT2D eigenvalue weighted by Gasteiger charge is -2.14. The Labute approximate surface area is 202 Å². The number of rotatable bonds is 8. The molecule has 0 saturated carbocycles. The molecule has 0 spiro atoms. The Morgan fingerprint density at radius 2 is 1.91 bits per heavy atom. The summed E-state index contributed by atoms with van der Waals surface area (Å²) in [6, 6.07) is 17.2. The number of carboxylic acids is 1. The van der Waals surface area contributed by atoms with Crippen LogP contribution in [0.3, 0.4) is 0 Å². The number of carboxylic acid groups (broad SMARTS) is 1. The van der Waals surface area contributed by atoms with Gasteiger partial charge in [-0.15, -0.1) is 11.3 Å². The van der Waals surface area contributed by atoms with Crippen LogP contribution in [0.4, 0.5) is 11.4 Å². The van der Waals surface area contributed by atoms with Gasteiger partial charge in [-0.3, -0.25) is 9.59 Å². The predicted molar refractivity (Wildman–Crippen MR) is 134 cm³/mol. The quantitative estimate of drug-likeness (QED) is 0.413. The highest BCUT2D eigenvalue weighted by Gasteiger charge is 2.29. The fraction of sp³-hybridized carbons (Fsp3) is 0.192. The molecule has 0 saturated heterocycles. The van der Waals surface area contributed by atoms with E-state index in [1.54, 1.807) is 18.2 Å². The second kappa shape index (κ2) is 9.91. The summed E-state index contributed by atoms with van der Waals surface area (Å²) >= 11 is 1.46. The fourth-order valence-corrected chi connectivity index (χ4v) is 4.78. The third-order valence-corrected chi connectivity index (χ3v) is 6.39. The number of aryl methyl sites for hydroxylation is 1. The van der Waals surface area contributed by atoms with E-state index in [0.717, 1.165) is 28.2 Å². The molecule has 0 atom stereocenters. The standard InChI is InChI=1S/C26H24N4O3S/c1-30(2)14-16-3-7-19(8-4-16)28-25(22-12-18(15-34-22)6-10-23(31)32)24-20-9-5-17(13-27)11-21(20)29-26(24)33/h3-5,7-9,11-12,15,28H,6,10,14H2,1-2H3,(H,29,33)(H,31,32). The van der Waals surface area contributed by atoms with Crippen molar-refractivity contribution in [2.45, 2.75) is 19.4 Å². The van der Waals surface area contributed by atoms with E-state index >= 15 is 0 Å². The van der Waals surface area contributed by atoms with E-state index in [-0.39, 0.29) is 12.3 Å². The zero-order chi connectivity index (χ0) is 24.2. The Morgan fingerprint density at radius 3 is 2.59 bits per heavy atom. The molecule has 1 amide bonds. The average molecular weight is 473 g/mol. The number of benzene rings is 2. The second-order valence-corrected chi connectivity index (χ2v) is 9.26. The van der Waals surface area contributed by atoms with Crippen LogP contribution in [-0.2, 0) is 22.6 Å². The largest absolute Gasteiger partial charge is 0.481 e. The number of amides is 1. The maximum absolute atomic E-state index is 13.1. The smallest absolute Gasteiger partial charge is 0.303 e. The maximum Gasteiger partial charge on any atom is 0.303 e. The summed E-state index contributed by atoms with van der Waals surface area (Å²) in [7, 11) is 4.03. The summed E-state index contributed by atoms with van der Waals surface area (Å²) < 4.78 is 0. The zero-order valence-electron chi connectivity index (χ0n) is 18.9. The third kappa shape index (κ3) is 5.17. The molecular weight excluding hydrogens is 448 g/mol. The Morgan fingerprint density at radius 1 is 1.15 bits per heavy atom. The van der Waals surface area contributed by atoms with Crippen molar-refractivity contribution in [3.05, 3.63) is 81.0 Å². The van der Waals surface area contributed by atoms with Gasteiger partial charge in [0.1, 0.15) is 0 Å². The molecule has 0 radical (unpaired) electrons. The summed E-state index contributed by atoms with van der Waals surface area (Å²) in [5.41, 5.74) is 5.83. The van der Waals surface area contributed by atoms with Crippen molar-refractivity contribution in [1.82, 2.24) is 4.90 Å². The minimum absolute atomic E-state index is 0.0447. The van der Waals surface area contributed by atoms with Crippen LogP contribution in [0.1, 0.15) is 33.6 Å². The molecule has 0 aliphatic carbocycles. The number of thiophene rings is 1. The van der Waals surface area contributed by atoms with Crippen LogP contribution in [0.25, 0.3) is 11.3 Å². The normalized spacial score (nSPS) is 13.9. The first-order chi connectivity index (χ1) is 16.3. The van der Waals surface area contributed by atoms with E-state index in [2.05, 4.69) is 21.6 Å². The van der Waals surface area contributed by atoms with Crippen LogP contribution in [0, 0.1) is 11.3 Å².